The van der Waals surface area contributed by atoms with Gasteiger partial charge in [-0.15, -0.1) is 0 Å². The van der Waals surface area contributed by atoms with E-state index in [4.69, 9.17) is 22.1 Å². The third-order valence-corrected chi connectivity index (χ3v) is 3.55. The van der Waals surface area contributed by atoms with Crippen molar-refractivity contribution in [2.45, 2.75) is 26.3 Å². The number of carbonyl (C=O) groups excluding carboxylic acids is 3. The van der Waals surface area contributed by atoms with Crippen LogP contribution in [0.3, 0.4) is 0 Å². The number of halogens is 1. The Labute approximate surface area is 138 Å². The standard InChI is InChI=1S/C15H16ClN3O4/c1-3-23-15(22)13-7-12(18-19(13)8(2)20)14(21)10-6-9(16)4-5-11(10)17/h4-6,13H,3,7,17H2,1-2H3. The zero-order valence-corrected chi connectivity index (χ0v) is 13.5. The van der Waals surface area contributed by atoms with E-state index in [0.717, 1.165) is 5.01 Å². The average molecular weight is 338 g/mol. The van der Waals surface area contributed by atoms with Gasteiger partial charge in [-0.3, -0.25) is 9.59 Å². The van der Waals surface area contributed by atoms with Crippen LogP contribution in [0.2, 0.25) is 5.02 Å². The van der Waals surface area contributed by atoms with E-state index in [2.05, 4.69) is 5.10 Å². The summed E-state index contributed by atoms with van der Waals surface area (Å²) < 4.78 is 4.92. The number of hydrazone groups is 1. The van der Waals surface area contributed by atoms with Gasteiger partial charge in [0.2, 0.25) is 11.7 Å². The highest BCUT2D eigenvalue weighted by Crippen LogP contribution is 2.24. The lowest BCUT2D eigenvalue weighted by molar-refractivity contribution is -0.153. The third kappa shape index (κ3) is 3.50. The molecule has 0 aromatic heterocycles. The van der Waals surface area contributed by atoms with E-state index in [1.807, 2.05) is 0 Å². The van der Waals surface area contributed by atoms with Crippen LogP contribution in [0, 0.1) is 0 Å². The van der Waals surface area contributed by atoms with Crippen LogP contribution in [-0.4, -0.2) is 41.0 Å². The Morgan fingerprint density at radius 1 is 1.43 bits per heavy atom. The molecule has 8 heteroatoms. The number of rotatable bonds is 4. The van der Waals surface area contributed by atoms with Crippen LogP contribution >= 0.6 is 11.6 Å². The summed E-state index contributed by atoms with van der Waals surface area (Å²) in [5.41, 5.74) is 6.28. The van der Waals surface area contributed by atoms with Crippen molar-refractivity contribution in [3.05, 3.63) is 28.8 Å². The SMILES string of the molecule is CCOC(=O)C1CC(C(=O)c2cc(Cl)ccc2N)=NN1C(C)=O. The molecule has 1 amide bonds. The van der Waals surface area contributed by atoms with Gasteiger partial charge in [0.05, 0.1) is 6.61 Å². The highest BCUT2D eigenvalue weighted by molar-refractivity contribution is 6.48. The van der Waals surface area contributed by atoms with Gasteiger partial charge in [0.15, 0.2) is 6.04 Å². The van der Waals surface area contributed by atoms with Gasteiger partial charge < -0.3 is 10.5 Å². The number of carbonyl (C=O) groups is 3. The monoisotopic (exact) mass is 337 g/mol. The normalized spacial score (nSPS) is 16.9. The minimum absolute atomic E-state index is 0.0246. The van der Waals surface area contributed by atoms with Crippen LogP contribution in [0.5, 0.6) is 0 Å². The summed E-state index contributed by atoms with van der Waals surface area (Å²) in [6.45, 7) is 3.09. The highest BCUT2D eigenvalue weighted by atomic mass is 35.5. The van der Waals surface area contributed by atoms with E-state index in [1.54, 1.807) is 13.0 Å². The summed E-state index contributed by atoms with van der Waals surface area (Å²) in [4.78, 5) is 36.1. The number of nitrogens with two attached hydrogens (primary N) is 1. The molecule has 1 unspecified atom stereocenters. The largest absolute Gasteiger partial charge is 0.464 e. The highest BCUT2D eigenvalue weighted by Gasteiger charge is 2.38. The summed E-state index contributed by atoms with van der Waals surface area (Å²) in [5, 5.41) is 5.29. The maximum absolute atomic E-state index is 12.6. The fraction of sp³-hybridized carbons (Fsp3) is 0.333. The number of amides is 1. The predicted octanol–water partition coefficient (Wildman–Crippen LogP) is 1.64. The summed E-state index contributed by atoms with van der Waals surface area (Å²) >= 11 is 5.88. The van der Waals surface area contributed by atoms with E-state index >= 15 is 0 Å². The molecule has 0 radical (unpaired) electrons. The number of nitrogen functional groups attached to an aromatic ring is 1. The Kier molecular flexibility index (Phi) is 5.00. The van der Waals surface area contributed by atoms with Gasteiger partial charge in [-0.25, -0.2) is 9.80 Å². The lowest BCUT2D eigenvalue weighted by Gasteiger charge is -2.17. The maximum Gasteiger partial charge on any atom is 0.331 e. The second-order valence-corrected chi connectivity index (χ2v) is 5.38. The van der Waals surface area contributed by atoms with Crippen molar-refractivity contribution in [3.8, 4) is 0 Å². The molecule has 1 aromatic carbocycles. The lowest BCUT2D eigenvalue weighted by atomic mass is 10.0. The number of anilines is 1. The molecule has 0 spiro atoms. The van der Waals surface area contributed by atoms with E-state index < -0.39 is 23.7 Å². The summed E-state index contributed by atoms with van der Waals surface area (Å²) in [7, 11) is 0. The van der Waals surface area contributed by atoms with Gasteiger partial charge in [-0.1, -0.05) is 11.6 Å². The van der Waals surface area contributed by atoms with Gasteiger partial charge in [0.25, 0.3) is 0 Å². The first-order chi connectivity index (χ1) is 10.8. The molecule has 0 aliphatic carbocycles. The topological polar surface area (TPSA) is 102 Å². The Balaban J connectivity index is 2.31. The smallest absolute Gasteiger partial charge is 0.331 e. The molecule has 7 nitrogen and oxygen atoms in total. The van der Waals surface area contributed by atoms with Crippen molar-refractivity contribution < 1.29 is 19.1 Å². The van der Waals surface area contributed by atoms with E-state index in [9.17, 15) is 14.4 Å². The minimum atomic E-state index is -0.938. The molecule has 0 saturated heterocycles. The fourth-order valence-electron chi connectivity index (χ4n) is 2.24. The van der Waals surface area contributed by atoms with Crippen molar-refractivity contribution in [3.63, 3.8) is 0 Å². The Morgan fingerprint density at radius 2 is 2.13 bits per heavy atom. The minimum Gasteiger partial charge on any atom is -0.464 e. The number of ether oxygens (including phenoxy) is 1. The second kappa shape index (κ2) is 6.78. The van der Waals surface area contributed by atoms with Crippen LogP contribution in [-0.2, 0) is 14.3 Å². The zero-order valence-electron chi connectivity index (χ0n) is 12.7. The molecule has 0 saturated carbocycles. The molecule has 1 heterocycles. The van der Waals surface area contributed by atoms with Gasteiger partial charge in [-0.05, 0) is 25.1 Å². The summed E-state index contributed by atoms with van der Waals surface area (Å²) in [5.74, 6) is -1.53. The summed E-state index contributed by atoms with van der Waals surface area (Å²) in [6, 6.07) is 3.56. The van der Waals surface area contributed by atoms with E-state index in [0.29, 0.717) is 5.02 Å². The maximum atomic E-state index is 12.6. The Bertz CT molecular complexity index is 702. The first kappa shape index (κ1) is 17.0. The summed E-state index contributed by atoms with van der Waals surface area (Å²) in [6.07, 6.45) is -0.0246. The molecule has 1 atom stereocenters. The van der Waals surface area contributed by atoms with Crippen molar-refractivity contribution in [1.29, 1.82) is 0 Å². The molecule has 1 aliphatic heterocycles. The van der Waals surface area contributed by atoms with Crippen molar-refractivity contribution in [1.82, 2.24) is 5.01 Å². The predicted molar refractivity (Wildman–Crippen MR) is 85.2 cm³/mol. The third-order valence-electron chi connectivity index (χ3n) is 3.31. The second-order valence-electron chi connectivity index (χ2n) is 4.94. The Hall–Kier alpha value is -2.41. The fourth-order valence-corrected chi connectivity index (χ4v) is 2.41. The van der Waals surface area contributed by atoms with Gasteiger partial charge in [0, 0.05) is 29.6 Å². The molecular formula is C15H16ClN3O4. The number of Topliss-reactive ketones (excluding diaryl/α,β-unsaturated/α-hetero) is 1. The van der Waals surface area contributed by atoms with Gasteiger partial charge in [0.1, 0.15) is 5.71 Å². The van der Waals surface area contributed by atoms with E-state index in [1.165, 1.54) is 19.1 Å². The molecule has 0 bridgehead atoms. The lowest BCUT2D eigenvalue weighted by Crippen LogP contribution is -2.38. The molecule has 122 valence electrons. The van der Waals surface area contributed by atoms with Crippen molar-refractivity contribution >= 4 is 40.7 Å². The van der Waals surface area contributed by atoms with E-state index in [-0.39, 0.29) is 30.0 Å². The van der Waals surface area contributed by atoms with Crippen molar-refractivity contribution in [2.75, 3.05) is 12.3 Å². The number of benzene rings is 1. The number of esters is 1. The first-order valence-electron chi connectivity index (χ1n) is 6.98. The first-order valence-corrected chi connectivity index (χ1v) is 7.36. The number of nitrogens with zero attached hydrogens (tertiary/aromatic N) is 2. The van der Waals surface area contributed by atoms with Crippen LogP contribution in [0.4, 0.5) is 5.69 Å². The van der Waals surface area contributed by atoms with Crippen LogP contribution in [0.25, 0.3) is 0 Å². The molecule has 0 fully saturated rings. The number of ketones is 1. The zero-order chi connectivity index (χ0) is 17.1. The average Bonchev–Trinajstić information content (AvgIpc) is 2.95. The molecular weight excluding hydrogens is 322 g/mol. The molecule has 2 rings (SSSR count). The number of hydrogen-bond donors (Lipinski definition) is 1. The van der Waals surface area contributed by atoms with Crippen LogP contribution < -0.4 is 5.73 Å². The van der Waals surface area contributed by atoms with Crippen molar-refractivity contribution in [2.24, 2.45) is 5.10 Å². The molecule has 1 aliphatic rings. The molecule has 23 heavy (non-hydrogen) atoms. The van der Waals surface area contributed by atoms with Gasteiger partial charge >= 0.3 is 5.97 Å². The van der Waals surface area contributed by atoms with Gasteiger partial charge in [-0.2, -0.15) is 5.10 Å². The molecule has 2 N–H and O–H groups in total. The quantitative estimate of drug-likeness (QED) is 0.511. The number of hydrogen-bond acceptors (Lipinski definition) is 6. The molecule has 1 aromatic rings. The van der Waals surface area contributed by atoms with Crippen LogP contribution in [0.1, 0.15) is 30.6 Å². The Morgan fingerprint density at radius 3 is 2.74 bits per heavy atom. The van der Waals surface area contributed by atoms with Crippen LogP contribution in [0.15, 0.2) is 23.3 Å².